The zero-order valence-electron chi connectivity index (χ0n) is 24.0. The summed E-state index contributed by atoms with van der Waals surface area (Å²) >= 11 is 0. The number of halogens is 1. The molecule has 10 heteroatoms. The molecule has 0 radical (unpaired) electrons. The highest BCUT2D eigenvalue weighted by Crippen LogP contribution is 2.36. The molecule has 218 valence electrons. The molecule has 1 atom stereocenters. The van der Waals surface area contributed by atoms with Crippen LogP contribution in [0.4, 0.5) is 15.9 Å². The van der Waals surface area contributed by atoms with E-state index in [1.807, 2.05) is 18.2 Å². The molecule has 0 aliphatic carbocycles. The first-order chi connectivity index (χ1) is 20.9. The minimum Gasteiger partial charge on any atom is -0.457 e. The molecule has 2 aromatic carbocycles. The first-order valence-corrected chi connectivity index (χ1v) is 14.4. The van der Waals surface area contributed by atoms with Crippen LogP contribution in [0, 0.1) is 18.3 Å². The van der Waals surface area contributed by atoms with Crippen molar-refractivity contribution >= 4 is 28.2 Å². The van der Waals surface area contributed by atoms with Gasteiger partial charge in [-0.1, -0.05) is 43.0 Å². The van der Waals surface area contributed by atoms with Gasteiger partial charge in [-0.05, 0) is 42.5 Å². The normalized spacial score (nSPS) is 16.5. The van der Waals surface area contributed by atoms with Crippen LogP contribution in [0.1, 0.15) is 28.9 Å². The molecule has 1 fully saturated rings. The van der Waals surface area contributed by atoms with Crippen LogP contribution in [0.25, 0.3) is 10.8 Å². The molecule has 6 rings (SSSR count). The Labute approximate surface area is 249 Å². The molecule has 0 saturated carbocycles. The summed E-state index contributed by atoms with van der Waals surface area (Å²) in [6.07, 6.45) is 2.49. The van der Waals surface area contributed by atoms with Crippen molar-refractivity contribution in [3.05, 3.63) is 95.7 Å². The van der Waals surface area contributed by atoms with Gasteiger partial charge >= 0.3 is 6.01 Å². The largest absolute Gasteiger partial charge is 0.457 e. The van der Waals surface area contributed by atoms with Crippen LogP contribution < -0.4 is 14.5 Å². The third-order valence-electron chi connectivity index (χ3n) is 8.13. The van der Waals surface area contributed by atoms with E-state index in [1.165, 1.54) is 21.2 Å². The van der Waals surface area contributed by atoms with Gasteiger partial charge in [0.1, 0.15) is 12.4 Å². The number of amides is 1. The molecule has 0 unspecified atom stereocenters. The molecule has 1 saturated heterocycles. The van der Waals surface area contributed by atoms with Gasteiger partial charge in [-0.3, -0.25) is 9.78 Å². The SMILES string of the molecule is C=C(F)C(=O)N1CCN(c2nc(OCc3ccccn3)nc3c2CCN(c2cccc4cccc(C)c24)C3)C[C@@H]1CC#N. The number of nitrogens with zero attached hydrogens (tertiary/aromatic N) is 7. The lowest BCUT2D eigenvalue weighted by molar-refractivity contribution is -0.131. The summed E-state index contributed by atoms with van der Waals surface area (Å²) < 4.78 is 19.9. The fraction of sp³-hybridized carbons (Fsp3) is 0.303. The number of rotatable bonds is 7. The number of aryl methyl sites for hydroxylation is 1. The van der Waals surface area contributed by atoms with Gasteiger partial charge in [0.2, 0.25) is 0 Å². The Morgan fingerprint density at radius 3 is 2.70 bits per heavy atom. The number of hydrogen-bond acceptors (Lipinski definition) is 8. The van der Waals surface area contributed by atoms with Gasteiger partial charge in [-0.2, -0.15) is 15.2 Å². The molecule has 0 N–H and O–H groups in total. The Morgan fingerprint density at radius 1 is 1.09 bits per heavy atom. The molecule has 1 amide bonds. The van der Waals surface area contributed by atoms with Gasteiger partial charge < -0.3 is 19.4 Å². The van der Waals surface area contributed by atoms with E-state index in [0.717, 1.165) is 35.0 Å². The van der Waals surface area contributed by atoms with Crippen molar-refractivity contribution in [1.82, 2.24) is 19.9 Å². The number of piperazine rings is 1. The Bertz CT molecular complexity index is 1720. The number of anilines is 2. The van der Waals surface area contributed by atoms with Gasteiger partial charge in [0, 0.05) is 49.0 Å². The van der Waals surface area contributed by atoms with Crippen molar-refractivity contribution in [2.24, 2.45) is 0 Å². The summed E-state index contributed by atoms with van der Waals surface area (Å²) in [6, 6.07) is 20.2. The van der Waals surface area contributed by atoms with Crippen LogP contribution >= 0.6 is 0 Å². The van der Waals surface area contributed by atoms with Crippen molar-refractivity contribution in [1.29, 1.82) is 5.26 Å². The van der Waals surface area contributed by atoms with Crippen molar-refractivity contribution in [2.75, 3.05) is 36.0 Å². The van der Waals surface area contributed by atoms with Crippen LogP contribution in [0.5, 0.6) is 6.01 Å². The maximum absolute atomic E-state index is 13.8. The third kappa shape index (κ3) is 5.71. The second-order valence-corrected chi connectivity index (χ2v) is 10.9. The fourth-order valence-electron chi connectivity index (χ4n) is 6.06. The highest BCUT2D eigenvalue weighted by Gasteiger charge is 2.35. The van der Waals surface area contributed by atoms with E-state index < -0.39 is 17.8 Å². The Kier molecular flexibility index (Phi) is 7.88. The number of hydrogen-bond donors (Lipinski definition) is 0. The molecule has 4 heterocycles. The molecule has 2 aliphatic rings. The van der Waals surface area contributed by atoms with E-state index in [0.29, 0.717) is 26.1 Å². The monoisotopic (exact) mass is 577 g/mol. The first-order valence-electron chi connectivity index (χ1n) is 14.4. The van der Waals surface area contributed by atoms with Gasteiger partial charge in [0.05, 0.1) is 36.5 Å². The molecular formula is C33H32FN7O2. The number of carbonyl (C=O) groups is 1. The summed E-state index contributed by atoms with van der Waals surface area (Å²) in [5.74, 6) is -1.07. The summed E-state index contributed by atoms with van der Waals surface area (Å²) in [4.78, 5) is 32.4. The zero-order valence-corrected chi connectivity index (χ0v) is 24.0. The molecule has 0 bridgehead atoms. The molecule has 2 aliphatic heterocycles. The lowest BCUT2D eigenvalue weighted by atomic mass is 9.99. The van der Waals surface area contributed by atoms with Gasteiger partial charge in [0.25, 0.3) is 5.91 Å². The quantitative estimate of drug-likeness (QED) is 0.287. The van der Waals surface area contributed by atoms with E-state index in [9.17, 15) is 14.4 Å². The standard InChI is InChI=1S/C33H32FN7O2/c1-22-7-5-8-24-9-6-11-29(30(22)24)39-16-13-27-28(20-39)37-33(43-21-25-10-3-4-15-36-25)38-31(27)40-17-18-41(32(42)23(2)34)26(19-40)12-14-35/h3-11,15,26H,2,12-13,16-21H2,1H3/t26-/m0/s1. The summed E-state index contributed by atoms with van der Waals surface area (Å²) in [5.41, 5.74) is 5.01. The molecular weight excluding hydrogens is 545 g/mol. The lowest BCUT2D eigenvalue weighted by Crippen LogP contribution is -2.55. The van der Waals surface area contributed by atoms with E-state index in [2.05, 4.69) is 70.8 Å². The molecule has 2 aromatic heterocycles. The summed E-state index contributed by atoms with van der Waals surface area (Å²) in [6.45, 7) is 7.87. The second-order valence-electron chi connectivity index (χ2n) is 10.9. The first kappa shape index (κ1) is 28.1. The van der Waals surface area contributed by atoms with Crippen LogP contribution in [0.2, 0.25) is 0 Å². The number of benzene rings is 2. The van der Waals surface area contributed by atoms with Gasteiger partial charge in [-0.25, -0.2) is 4.39 Å². The molecule has 43 heavy (non-hydrogen) atoms. The van der Waals surface area contributed by atoms with Crippen molar-refractivity contribution in [3.63, 3.8) is 0 Å². The number of pyridine rings is 1. The van der Waals surface area contributed by atoms with Crippen LogP contribution in [-0.2, 0) is 24.4 Å². The predicted octanol–water partition coefficient (Wildman–Crippen LogP) is 4.89. The number of carbonyl (C=O) groups excluding carboxylic acids is 1. The van der Waals surface area contributed by atoms with Crippen LogP contribution in [-0.4, -0.2) is 58.0 Å². The number of aromatic nitrogens is 3. The predicted molar refractivity (Wildman–Crippen MR) is 162 cm³/mol. The third-order valence-corrected chi connectivity index (χ3v) is 8.13. The smallest absolute Gasteiger partial charge is 0.319 e. The van der Waals surface area contributed by atoms with Crippen molar-refractivity contribution in [3.8, 4) is 12.1 Å². The highest BCUT2D eigenvalue weighted by atomic mass is 19.1. The second kappa shape index (κ2) is 12.1. The van der Waals surface area contributed by atoms with E-state index >= 15 is 0 Å². The highest BCUT2D eigenvalue weighted by molar-refractivity contribution is 5.97. The van der Waals surface area contributed by atoms with E-state index in [1.54, 1.807) is 6.20 Å². The summed E-state index contributed by atoms with van der Waals surface area (Å²) in [5, 5.41) is 11.9. The molecule has 4 aromatic rings. The molecule has 9 nitrogen and oxygen atoms in total. The van der Waals surface area contributed by atoms with Crippen LogP contribution in [0.3, 0.4) is 0 Å². The van der Waals surface area contributed by atoms with E-state index in [4.69, 9.17) is 14.7 Å². The average Bonchev–Trinajstić information content (AvgIpc) is 3.03. The maximum Gasteiger partial charge on any atom is 0.319 e. The number of fused-ring (bicyclic) bond motifs is 2. The maximum atomic E-state index is 13.8. The Hall–Kier alpha value is -5.04. The Morgan fingerprint density at radius 2 is 1.93 bits per heavy atom. The summed E-state index contributed by atoms with van der Waals surface area (Å²) in [7, 11) is 0. The van der Waals surface area contributed by atoms with Gasteiger partial charge in [0.15, 0.2) is 5.83 Å². The minimum atomic E-state index is -1.02. The average molecular weight is 578 g/mol. The van der Waals surface area contributed by atoms with Crippen molar-refractivity contribution in [2.45, 2.75) is 39.0 Å². The molecule has 0 spiro atoms. The van der Waals surface area contributed by atoms with E-state index in [-0.39, 0.29) is 25.6 Å². The fourth-order valence-corrected chi connectivity index (χ4v) is 6.06. The van der Waals surface area contributed by atoms with Gasteiger partial charge in [-0.15, -0.1) is 0 Å². The minimum absolute atomic E-state index is 0.0695. The number of ether oxygens (including phenoxy) is 1. The van der Waals surface area contributed by atoms with Crippen LogP contribution in [0.15, 0.2) is 73.2 Å². The number of nitriles is 1. The Balaban J connectivity index is 1.35. The lowest BCUT2D eigenvalue weighted by Gasteiger charge is -2.42. The topological polar surface area (TPSA) is 98.5 Å². The van der Waals surface area contributed by atoms with Crippen molar-refractivity contribution < 1.29 is 13.9 Å². The zero-order chi connectivity index (χ0) is 29.9.